The Bertz CT molecular complexity index is 437. The molecule has 0 amide bonds. The van der Waals surface area contributed by atoms with Gasteiger partial charge in [0.15, 0.2) is 0 Å². The highest BCUT2D eigenvalue weighted by atomic mass is 16.5. The highest BCUT2D eigenvalue weighted by Crippen LogP contribution is 2.29. The van der Waals surface area contributed by atoms with Crippen LogP contribution in [-0.4, -0.2) is 42.7 Å². The molecule has 0 aliphatic carbocycles. The van der Waals surface area contributed by atoms with Gasteiger partial charge in [0.2, 0.25) is 0 Å². The van der Waals surface area contributed by atoms with Gasteiger partial charge in [0, 0.05) is 31.6 Å². The number of nitrogens with zero attached hydrogens (tertiary/aromatic N) is 1. The molecule has 116 valence electrons. The number of nitrogens with one attached hydrogen (secondary N) is 1. The van der Waals surface area contributed by atoms with Gasteiger partial charge in [0.1, 0.15) is 11.9 Å². The van der Waals surface area contributed by atoms with Crippen molar-refractivity contribution in [3.8, 4) is 5.75 Å². The fraction of sp³-hybridized carbons (Fsp3) is 0.667. The topological polar surface area (TPSA) is 24.5 Å². The maximum atomic E-state index is 6.13. The average Bonchev–Trinajstić information content (AvgIpc) is 2.80. The first-order chi connectivity index (χ1) is 10.3. The molecule has 0 bridgehead atoms. The number of hydrogen-bond donors (Lipinski definition) is 1. The first-order valence-corrected chi connectivity index (χ1v) is 8.48. The predicted molar refractivity (Wildman–Crippen MR) is 86.9 cm³/mol. The van der Waals surface area contributed by atoms with E-state index in [0.29, 0.717) is 18.2 Å². The number of benzene rings is 1. The summed E-state index contributed by atoms with van der Waals surface area (Å²) in [6, 6.07) is 9.76. The summed E-state index contributed by atoms with van der Waals surface area (Å²) < 4.78 is 6.13. The van der Waals surface area contributed by atoms with E-state index in [-0.39, 0.29) is 0 Å². The quantitative estimate of drug-likeness (QED) is 0.922. The van der Waals surface area contributed by atoms with Crippen molar-refractivity contribution < 1.29 is 4.74 Å². The molecular weight excluding hydrogens is 260 g/mol. The van der Waals surface area contributed by atoms with Crippen LogP contribution >= 0.6 is 0 Å². The van der Waals surface area contributed by atoms with E-state index in [1.54, 1.807) is 0 Å². The van der Waals surface area contributed by atoms with Gasteiger partial charge in [0.25, 0.3) is 0 Å². The second-order valence-electron chi connectivity index (χ2n) is 6.58. The highest BCUT2D eigenvalue weighted by Gasteiger charge is 2.29. The Kier molecular flexibility index (Phi) is 4.81. The number of para-hydroxylation sites is 1. The molecule has 3 atom stereocenters. The molecule has 0 saturated carbocycles. The minimum Gasteiger partial charge on any atom is -0.488 e. The van der Waals surface area contributed by atoms with Gasteiger partial charge in [-0.1, -0.05) is 31.5 Å². The second-order valence-corrected chi connectivity index (χ2v) is 6.58. The molecule has 0 aromatic heterocycles. The molecule has 0 spiro atoms. The largest absolute Gasteiger partial charge is 0.488 e. The minimum atomic E-state index is 0.324. The van der Waals surface area contributed by atoms with Crippen molar-refractivity contribution in [2.24, 2.45) is 0 Å². The van der Waals surface area contributed by atoms with Gasteiger partial charge in [-0.05, 0) is 37.9 Å². The van der Waals surface area contributed by atoms with Crippen molar-refractivity contribution >= 4 is 0 Å². The second kappa shape index (κ2) is 6.80. The van der Waals surface area contributed by atoms with E-state index in [1.807, 2.05) is 0 Å². The average molecular weight is 288 g/mol. The molecule has 0 radical (unpaired) electrons. The lowest BCUT2D eigenvalue weighted by Crippen LogP contribution is -2.44. The monoisotopic (exact) mass is 288 g/mol. The van der Waals surface area contributed by atoms with Crippen LogP contribution in [0.3, 0.4) is 0 Å². The third-order valence-corrected chi connectivity index (χ3v) is 4.86. The zero-order valence-corrected chi connectivity index (χ0v) is 13.3. The van der Waals surface area contributed by atoms with Gasteiger partial charge in [-0.2, -0.15) is 0 Å². The Morgan fingerprint density at radius 3 is 3.00 bits per heavy atom. The summed E-state index contributed by atoms with van der Waals surface area (Å²) in [5, 5.41) is 3.70. The van der Waals surface area contributed by atoms with Crippen LogP contribution in [0.5, 0.6) is 5.75 Å². The standard InChI is InChI=1S/C18H28N2O/c1-3-6-16-12-20(14(2)9-10-19-16)13-17-11-15-7-4-5-8-18(15)21-17/h4-5,7-8,14,16-17,19H,3,6,9-13H2,1-2H3. The summed E-state index contributed by atoms with van der Waals surface area (Å²) in [6.07, 6.45) is 5.15. The lowest BCUT2D eigenvalue weighted by molar-refractivity contribution is 0.119. The molecule has 3 unspecified atom stereocenters. The zero-order valence-electron chi connectivity index (χ0n) is 13.3. The maximum absolute atomic E-state index is 6.13. The predicted octanol–water partition coefficient (Wildman–Crippen LogP) is 2.84. The minimum absolute atomic E-state index is 0.324. The Balaban J connectivity index is 1.61. The van der Waals surface area contributed by atoms with Crippen LogP contribution in [0.4, 0.5) is 0 Å². The summed E-state index contributed by atoms with van der Waals surface area (Å²) >= 11 is 0. The Hall–Kier alpha value is -1.06. The summed E-state index contributed by atoms with van der Waals surface area (Å²) in [5.74, 6) is 1.09. The van der Waals surface area contributed by atoms with E-state index in [2.05, 4.69) is 48.3 Å². The molecule has 1 N–H and O–H groups in total. The Morgan fingerprint density at radius 2 is 2.19 bits per heavy atom. The lowest BCUT2D eigenvalue weighted by atomic mass is 10.1. The molecule has 2 aliphatic heterocycles. The van der Waals surface area contributed by atoms with Crippen molar-refractivity contribution in [1.29, 1.82) is 0 Å². The normalized spacial score (nSPS) is 29.7. The smallest absolute Gasteiger partial charge is 0.123 e. The molecule has 21 heavy (non-hydrogen) atoms. The molecule has 3 rings (SSSR count). The summed E-state index contributed by atoms with van der Waals surface area (Å²) in [5.41, 5.74) is 1.37. The van der Waals surface area contributed by atoms with Crippen molar-refractivity contribution in [3.05, 3.63) is 29.8 Å². The summed E-state index contributed by atoms with van der Waals surface area (Å²) in [6.45, 7) is 7.99. The van der Waals surface area contributed by atoms with E-state index < -0.39 is 0 Å². The van der Waals surface area contributed by atoms with Gasteiger partial charge in [-0.3, -0.25) is 4.90 Å². The Morgan fingerprint density at radius 1 is 1.33 bits per heavy atom. The van der Waals surface area contributed by atoms with Crippen LogP contribution in [0.2, 0.25) is 0 Å². The summed E-state index contributed by atoms with van der Waals surface area (Å²) in [4.78, 5) is 2.64. The van der Waals surface area contributed by atoms with E-state index in [4.69, 9.17) is 4.74 Å². The molecule has 3 nitrogen and oxygen atoms in total. The molecule has 2 heterocycles. The van der Waals surface area contributed by atoms with Crippen LogP contribution in [0.15, 0.2) is 24.3 Å². The lowest BCUT2D eigenvalue weighted by Gasteiger charge is -2.31. The number of ether oxygens (including phenoxy) is 1. The van der Waals surface area contributed by atoms with E-state index in [0.717, 1.165) is 31.8 Å². The van der Waals surface area contributed by atoms with Gasteiger partial charge in [0.05, 0.1) is 0 Å². The molecule has 1 aromatic rings. The molecule has 1 saturated heterocycles. The Labute approximate surface area is 128 Å². The maximum Gasteiger partial charge on any atom is 0.123 e. The van der Waals surface area contributed by atoms with Crippen LogP contribution in [-0.2, 0) is 6.42 Å². The van der Waals surface area contributed by atoms with Crippen LogP contribution in [0, 0.1) is 0 Å². The molecular formula is C18H28N2O. The van der Waals surface area contributed by atoms with Gasteiger partial charge >= 0.3 is 0 Å². The fourth-order valence-corrected chi connectivity index (χ4v) is 3.62. The number of hydrogen-bond acceptors (Lipinski definition) is 3. The van der Waals surface area contributed by atoms with Crippen molar-refractivity contribution in [2.45, 2.75) is 57.7 Å². The fourth-order valence-electron chi connectivity index (χ4n) is 3.62. The highest BCUT2D eigenvalue weighted by molar-refractivity contribution is 5.37. The number of rotatable bonds is 4. The van der Waals surface area contributed by atoms with E-state index in [9.17, 15) is 0 Å². The molecule has 1 aromatic carbocycles. The molecule has 3 heteroatoms. The van der Waals surface area contributed by atoms with E-state index in [1.165, 1.54) is 24.8 Å². The van der Waals surface area contributed by atoms with Crippen molar-refractivity contribution in [1.82, 2.24) is 10.2 Å². The SMILES string of the molecule is CCCC1CN(CC2Cc3ccccc3O2)C(C)CCN1. The van der Waals surface area contributed by atoms with Gasteiger partial charge in [-0.15, -0.1) is 0 Å². The zero-order chi connectivity index (χ0) is 14.7. The van der Waals surface area contributed by atoms with E-state index >= 15 is 0 Å². The molecule has 2 aliphatic rings. The first-order valence-electron chi connectivity index (χ1n) is 8.48. The number of fused-ring (bicyclic) bond motifs is 1. The van der Waals surface area contributed by atoms with Gasteiger partial charge in [-0.25, -0.2) is 0 Å². The van der Waals surface area contributed by atoms with Crippen LogP contribution < -0.4 is 10.1 Å². The third kappa shape index (κ3) is 3.58. The third-order valence-electron chi connectivity index (χ3n) is 4.86. The first kappa shape index (κ1) is 14.9. The molecule has 1 fully saturated rings. The van der Waals surface area contributed by atoms with Crippen molar-refractivity contribution in [3.63, 3.8) is 0 Å². The van der Waals surface area contributed by atoms with Crippen molar-refractivity contribution in [2.75, 3.05) is 19.6 Å². The van der Waals surface area contributed by atoms with Crippen LogP contribution in [0.25, 0.3) is 0 Å². The van der Waals surface area contributed by atoms with Gasteiger partial charge < -0.3 is 10.1 Å². The van der Waals surface area contributed by atoms with Crippen LogP contribution in [0.1, 0.15) is 38.7 Å². The summed E-state index contributed by atoms with van der Waals surface area (Å²) in [7, 11) is 0.